The highest BCUT2D eigenvalue weighted by molar-refractivity contribution is 6.45. The molecule has 5 heteroatoms. The van der Waals surface area contributed by atoms with Crippen molar-refractivity contribution in [3.8, 4) is 0 Å². The number of benzene rings is 2. The highest BCUT2D eigenvalue weighted by atomic mass is 16.2. The molecular formula is C26H23N3O2. The van der Waals surface area contributed by atoms with Crippen LogP contribution in [0.15, 0.2) is 60.8 Å². The molecule has 2 amide bonds. The second-order valence-electron chi connectivity index (χ2n) is 8.48. The van der Waals surface area contributed by atoms with Crippen LogP contribution >= 0.6 is 0 Å². The van der Waals surface area contributed by atoms with Gasteiger partial charge in [-0.1, -0.05) is 42.8 Å². The highest BCUT2D eigenvalue weighted by Gasteiger charge is 2.38. The Morgan fingerprint density at radius 2 is 1.58 bits per heavy atom. The Hall–Kier alpha value is -3.60. The maximum atomic E-state index is 13.7. The molecule has 0 unspecified atom stereocenters. The molecule has 5 nitrogen and oxygen atoms in total. The van der Waals surface area contributed by atoms with Crippen molar-refractivity contribution in [2.24, 2.45) is 7.05 Å². The summed E-state index contributed by atoms with van der Waals surface area (Å²) in [6, 6.07) is 16.1. The number of nitrogens with zero attached hydrogens (tertiary/aromatic N) is 3. The third-order valence-corrected chi connectivity index (χ3v) is 6.68. The number of para-hydroxylation sites is 2. The third-order valence-electron chi connectivity index (χ3n) is 6.68. The van der Waals surface area contributed by atoms with Gasteiger partial charge in [0.15, 0.2) is 0 Å². The molecule has 0 saturated carbocycles. The zero-order valence-electron chi connectivity index (χ0n) is 17.5. The lowest BCUT2D eigenvalue weighted by molar-refractivity contribution is -0.119. The van der Waals surface area contributed by atoms with Crippen LogP contribution in [0, 0.1) is 0 Å². The van der Waals surface area contributed by atoms with E-state index in [1.165, 1.54) is 11.0 Å². The fourth-order valence-electron chi connectivity index (χ4n) is 5.27. The first-order valence-electron chi connectivity index (χ1n) is 10.9. The van der Waals surface area contributed by atoms with E-state index in [-0.39, 0.29) is 11.8 Å². The molecular weight excluding hydrogens is 386 g/mol. The Labute approximate surface area is 180 Å². The lowest BCUT2D eigenvalue weighted by Gasteiger charge is -2.17. The van der Waals surface area contributed by atoms with Gasteiger partial charge < -0.3 is 9.13 Å². The smallest absolute Gasteiger partial charge is 0.266 e. The molecule has 2 aliphatic heterocycles. The number of carbonyl (C=O) groups excluding carboxylic acids is 2. The van der Waals surface area contributed by atoms with Crippen LogP contribution in [-0.2, 0) is 29.6 Å². The third kappa shape index (κ3) is 2.56. The molecule has 2 aromatic heterocycles. The molecule has 0 saturated heterocycles. The monoisotopic (exact) mass is 409 g/mol. The van der Waals surface area contributed by atoms with Crippen LogP contribution in [0.3, 0.4) is 0 Å². The number of anilines is 1. The standard InChI is InChI=1S/C26H23N3O2/c1-27-16-20(17-9-4-6-11-21(17)27)19-15-24(30)29(26(19)31)25-18-10-5-7-12-22(18)28-14-8-2-3-13-23(25)28/h4-7,9-12,15-16H,2-3,8,13-14H2,1H3. The molecule has 0 spiro atoms. The summed E-state index contributed by atoms with van der Waals surface area (Å²) in [4.78, 5) is 28.4. The van der Waals surface area contributed by atoms with Gasteiger partial charge in [-0.3, -0.25) is 9.59 Å². The maximum Gasteiger partial charge on any atom is 0.266 e. The SMILES string of the molecule is Cn1cc(C2=CC(=O)N(c3c4n(c5ccccc35)CCCCC4)C2=O)c2ccccc21. The Balaban J connectivity index is 1.52. The second-order valence-corrected chi connectivity index (χ2v) is 8.48. The molecule has 154 valence electrons. The molecule has 0 atom stereocenters. The van der Waals surface area contributed by atoms with E-state index >= 15 is 0 Å². The van der Waals surface area contributed by atoms with E-state index in [9.17, 15) is 9.59 Å². The van der Waals surface area contributed by atoms with Crippen molar-refractivity contribution >= 4 is 44.9 Å². The summed E-state index contributed by atoms with van der Waals surface area (Å²) >= 11 is 0. The number of aromatic nitrogens is 2. The average molecular weight is 409 g/mol. The molecule has 0 N–H and O–H groups in total. The molecule has 4 heterocycles. The van der Waals surface area contributed by atoms with Gasteiger partial charge in [0.2, 0.25) is 0 Å². The fourth-order valence-corrected chi connectivity index (χ4v) is 5.27. The zero-order chi connectivity index (χ0) is 21.1. The molecule has 0 bridgehead atoms. The van der Waals surface area contributed by atoms with E-state index < -0.39 is 0 Å². The van der Waals surface area contributed by atoms with Crippen molar-refractivity contribution in [1.82, 2.24) is 9.13 Å². The molecule has 0 aliphatic carbocycles. The molecule has 4 aromatic rings. The predicted molar refractivity (Wildman–Crippen MR) is 123 cm³/mol. The summed E-state index contributed by atoms with van der Waals surface area (Å²) in [5.74, 6) is -0.485. The van der Waals surface area contributed by atoms with Gasteiger partial charge in [0.05, 0.1) is 16.8 Å². The van der Waals surface area contributed by atoms with Gasteiger partial charge in [0.1, 0.15) is 0 Å². The largest absolute Gasteiger partial charge is 0.350 e. The van der Waals surface area contributed by atoms with E-state index in [0.29, 0.717) is 5.57 Å². The summed E-state index contributed by atoms with van der Waals surface area (Å²) in [7, 11) is 1.96. The van der Waals surface area contributed by atoms with Crippen molar-refractivity contribution in [1.29, 1.82) is 0 Å². The van der Waals surface area contributed by atoms with Crippen molar-refractivity contribution < 1.29 is 9.59 Å². The second kappa shape index (κ2) is 6.71. The van der Waals surface area contributed by atoms with Crippen LogP contribution in [0.2, 0.25) is 0 Å². The first kappa shape index (κ1) is 18.2. The summed E-state index contributed by atoms with van der Waals surface area (Å²) < 4.78 is 4.32. The van der Waals surface area contributed by atoms with Crippen LogP contribution < -0.4 is 4.90 Å². The Bertz CT molecular complexity index is 1420. The molecule has 0 fully saturated rings. The molecule has 6 rings (SSSR count). The number of aryl methyl sites for hydroxylation is 2. The Morgan fingerprint density at radius 1 is 0.839 bits per heavy atom. The zero-order valence-corrected chi connectivity index (χ0v) is 17.5. The van der Waals surface area contributed by atoms with Crippen molar-refractivity contribution in [3.63, 3.8) is 0 Å². The van der Waals surface area contributed by atoms with Crippen molar-refractivity contribution in [3.05, 3.63) is 72.1 Å². The quantitative estimate of drug-likeness (QED) is 0.446. The topological polar surface area (TPSA) is 47.2 Å². The van der Waals surface area contributed by atoms with Crippen LogP contribution in [-0.4, -0.2) is 20.9 Å². The minimum Gasteiger partial charge on any atom is -0.350 e. The fraction of sp³-hybridized carbons (Fsp3) is 0.231. The Kier molecular flexibility index (Phi) is 3.93. The Morgan fingerprint density at radius 3 is 2.42 bits per heavy atom. The normalized spacial score (nSPS) is 16.8. The predicted octanol–water partition coefficient (Wildman–Crippen LogP) is 4.82. The first-order valence-corrected chi connectivity index (χ1v) is 10.9. The summed E-state index contributed by atoms with van der Waals surface area (Å²) in [5.41, 5.74) is 5.31. The number of amides is 2. The van der Waals surface area contributed by atoms with E-state index in [2.05, 4.69) is 10.6 Å². The van der Waals surface area contributed by atoms with Gasteiger partial charge in [-0.15, -0.1) is 0 Å². The van der Waals surface area contributed by atoms with Gasteiger partial charge >= 0.3 is 0 Å². The average Bonchev–Trinajstić information content (AvgIpc) is 3.28. The van der Waals surface area contributed by atoms with Crippen LogP contribution in [0.4, 0.5) is 5.69 Å². The van der Waals surface area contributed by atoms with Crippen molar-refractivity contribution in [2.75, 3.05) is 4.90 Å². The van der Waals surface area contributed by atoms with Crippen molar-refractivity contribution in [2.45, 2.75) is 32.2 Å². The van der Waals surface area contributed by atoms with Gasteiger partial charge in [-0.05, 0) is 31.4 Å². The van der Waals surface area contributed by atoms with Gasteiger partial charge in [-0.25, -0.2) is 4.90 Å². The first-order chi connectivity index (χ1) is 15.1. The van der Waals surface area contributed by atoms with E-state index in [1.54, 1.807) is 0 Å². The molecule has 2 aliphatic rings. The van der Waals surface area contributed by atoms with Gasteiger partial charge in [0, 0.05) is 53.4 Å². The van der Waals surface area contributed by atoms with Crippen LogP contribution in [0.5, 0.6) is 0 Å². The molecule has 31 heavy (non-hydrogen) atoms. The number of carbonyl (C=O) groups is 2. The minimum absolute atomic E-state index is 0.232. The maximum absolute atomic E-state index is 13.7. The minimum atomic E-state index is -0.253. The lowest BCUT2D eigenvalue weighted by Crippen LogP contribution is -2.31. The van der Waals surface area contributed by atoms with Gasteiger partial charge in [-0.2, -0.15) is 0 Å². The summed E-state index contributed by atoms with van der Waals surface area (Å²) in [6.07, 6.45) is 7.69. The lowest BCUT2D eigenvalue weighted by atomic mass is 10.1. The van der Waals surface area contributed by atoms with E-state index in [1.807, 2.05) is 60.3 Å². The highest BCUT2D eigenvalue weighted by Crippen LogP contribution is 2.41. The van der Waals surface area contributed by atoms with Crippen LogP contribution in [0.1, 0.15) is 30.5 Å². The summed E-state index contributed by atoms with van der Waals surface area (Å²) in [6.45, 7) is 0.926. The number of hydrogen-bond acceptors (Lipinski definition) is 2. The van der Waals surface area contributed by atoms with E-state index in [4.69, 9.17) is 0 Å². The number of fused-ring (bicyclic) bond motifs is 4. The molecule has 2 aromatic carbocycles. The number of rotatable bonds is 2. The molecule has 0 radical (unpaired) electrons. The van der Waals surface area contributed by atoms with Crippen LogP contribution in [0.25, 0.3) is 27.4 Å². The number of imide groups is 1. The summed E-state index contributed by atoms with van der Waals surface area (Å²) in [5, 5.41) is 1.97. The van der Waals surface area contributed by atoms with E-state index in [0.717, 1.165) is 71.0 Å². The number of hydrogen-bond donors (Lipinski definition) is 0. The van der Waals surface area contributed by atoms with Gasteiger partial charge in [0.25, 0.3) is 11.8 Å².